The molecule has 0 aromatic heterocycles. The van der Waals surface area contributed by atoms with Gasteiger partial charge in [0.15, 0.2) is 0 Å². The third-order valence-corrected chi connectivity index (χ3v) is 6.59. The maximum atomic E-state index is 5.64. The summed E-state index contributed by atoms with van der Waals surface area (Å²) >= 11 is 2.11. The Balaban J connectivity index is 1.42. The minimum absolute atomic E-state index is 0.473. The first-order valence-electron chi connectivity index (χ1n) is 8.39. The van der Waals surface area contributed by atoms with Crippen molar-refractivity contribution in [1.82, 2.24) is 5.32 Å². The Morgan fingerprint density at radius 3 is 2.76 bits per heavy atom. The lowest BCUT2D eigenvalue weighted by molar-refractivity contribution is 0.0102. The molecule has 2 heterocycles. The van der Waals surface area contributed by atoms with E-state index in [2.05, 4.69) is 41.3 Å². The van der Waals surface area contributed by atoms with Crippen LogP contribution in [0.3, 0.4) is 0 Å². The summed E-state index contributed by atoms with van der Waals surface area (Å²) in [6.07, 6.45) is 7.84. The Kier molecular flexibility index (Phi) is 3.99. The number of thioether (sulfide) groups is 1. The summed E-state index contributed by atoms with van der Waals surface area (Å²) in [5.74, 6) is 0. The topological polar surface area (TPSA) is 21.3 Å². The van der Waals surface area contributed by atoms with Crippen LogP contribution in [0.15, 0.2) is 29.2 Å². The second kappa shape index (κ2) is 5.94. The Morgan fingerprint density at radius 2 is 2.00 bits per heavy atom. The van der Waals surface area contributed by atoms with Gasteiger partial charge in [0.1, 0.15) is 0 Å². The summed E-state index contributed by atoms with van der Waals surface area (Å²) in [5, 5.41) is 4.56. The molecule has 1 aromatic carbocycles. The molecule has 3 heteroatoms. The lowest BCUT2D eigenvalue weighted by atomic mass is 9.75. The lowest BCUT2D eigenvalue weighted by Gasteiger charge is -2.39. The monoisotopic (exact) mass is 303 g/mol. The van der Waals surface area contributed by atoms with Crippen LogP contribution in [0, 0.1) is 5.41 Å². The van der Waals surface area contributed by atoms with Crippen LogP contribution in [0.1, 0.15) is 37.7 Å². The molecule has 21 heavy (non-hydrogen) atoms. The molecule has 1 saturated carbocycles. The lowest BCUT2D eigenvalue weighted by Crippen LogP contribution is -2.41. The molecule has 1 aromatic rings. The molecule has 1 aliphatic carbocycles. The minimum Gasteiger partial charge on any atom is -0.381 e. The van der Waals surface area contributed by atoms with Gasteiger partial charge in [-0.15, -0.1) is 11.8 Å². The van der Waals surface area contributed by atoms with E-state index in [1.165, 1.54) is 50.0 Å². The molecule has 0 spiro atoms. The Labute approximate surface area is 132 Å². The van der Waals surface area contributed by atoms with Gasteiger partial charge < -0.3 is 10.1 Å². The fraction of sp³-hybridized carbons (Fsp3) is 0.667. The van der Waals surface area contributed by atoms with Crippen LogP contribution < -0.4 is 5.32 Å². The highest BCUT2D eigenvalue weighted by Gasteiger charge is 2.38. The number of nitrogens with one attached hydrogen (secondary N) is 1. The average Bonchev–Trinajstić information content (AvgIpc) is 3.25. The van der Waals surface area contributed by atoms with Crippen molar-refractivity contribution in [2.24, 2.45) is 5.41 Å². The highest BCUT2D eigenvalue weighted by atomic mass is 32.2. The van der Waals surface area contributed by atoms with Crippen molar-refractivity contribution in [3.63, 3.8) is 0 Å². The molecular weight excluding hydrogens is 278 g/mol. The normalized spacial score (nSPS) is 27.5. The van der Waals surface area contributed by atoms with E-state index >= 15 is 0 Å². The largest absolute Gasteiger partial charge is 0.381 e. The molecule has 4 rings (SSSR count). The van der Waals surface area contributed by atoms with Crippen molar-refractivity contribution >= 4 is 11.8 Å². The molecule has 1 saturated heterocycles. The van der Waals surface area contributed by atoms with Crippen LogP contribution in [-0.2, 0) is 11.2 Å². The highest BCUT2D eigenvalue weighted by Crippen LogP contribution is 2.45. The zero-order valence-corrected chi connectivity index (χ0v) is 13.5. The molecule has 2 fully saturated rings. The Hall–Kier alpha value is -0.510. The third-order valence-electron chi connectivity index (χ3n) is 5.27. The van der Waals surface area contributed by atoms with E-state index in [1.807, 2.05) is 0 Å². The van der Waals surface area contributed by atoms with Gasteiger partial charge in [0.05, 0.1) is 0 Å². The molecule has 0 bridgehead atoms. The summed E-state index contributed by atoms with van der Waals surface area (Å²) in [7, 11) is 0. The third kappa shape index (κ3) is 3.30. The predicted octanol–water partition coefficient (Wildman–Crippen LogP) is 3.64. The van der Waals surface area contributed by atoms with E-state index in [0.717, 1.165) is 24.5 Å². The van der Waals surface area contributed by atoms with Crippen LogP contribution in [-0.4, -0.2) is 31.1 Å². The molecule has 3 aliphatic rings. The van der Waals surface area contributed by atoms with E-state index in [9.17, 15) is 0 Å². The highest BCUT2D eigenvalue weighted by molar-refractivity contribution is 8.00. The second-order valence-electron chi connectivity index (χ2n) is 7.02. The fourth-order valence-corrected chi connectivity index (χ4v) is 5.28. The van der Waals surface area contributed by atoms with Crippen LogP contribution in [0.25, 0.3) is 0 Å². The van der Waals surface area contributed by atoms with Crippen LogP contribution in [0.4, 0.5) is 0 Å². The van der Waals surface area contributed by atoms with Crippen molar-refractivity contribution in [2.45, 2.75) is 54.7 Å². The van der Waals surface area contributed by atoms with Crippen molar-refractivity contribution in [1.29, 1.82) is 0 Å². The average molecular weight is 303 g/mol. The van der Waals surface area contributed by atoms with Gasteiger partial charge >= 0.3 is 0 Å². The van der Waals surface area contributed by atoms with E-state index < -0.39 is 0 Å². The maximum Gasteiger partial charge on any atom is 0.0471 e. The van der Waals surface area contributed by atoms with Crippen LogP contribution in [0.5, 0.6) is 0 Å². The Bertz CT molecular complexity index is 469. The smallest absolute Gasteiger partial charge is 0.0471 e. The summed E-state index contributed by atoms with van der Waals surface area (Å²) in [6.45, 7) is 3.11. The molecule has 1 N–H and O–H groups in total. The molecule has 2 aliphatic heterocycles. The first kappa shape index (κ1) is 14.1. The second-order valence-corrected chi connectivity index (χ2v) is 8.37. The van der Waals surface area contributed by atoms with E-state index in [1.54, 1.807) is 5.56 Å². The van der Waals surface area contributed by atoms with Gasteiger partial charge in [-0.05, 0) is 55.6 Å². The number of ether oxygens (including phenoxy) is 1. The molecular formula is C18H25NOS. The fourth-order valence-electron chi connectivity index (χ4n) is 3.76. The zero-order chi connectivity index (χ0) is 14.1. The molecule has 0 radical (unpaired) electrons. The number of benzene rings is 1. The standard InChI is InChI=1S/C18H25NOS/c1-2-4-17-14(3-1)11-16(21-17)12-18(7-9-20-10-8-18)13-19-15-5-6-15/h1-4,15-16,19H,5-13H2. The van der Waals surface area contributed by atoms with Gasteiger partial charge in [-0.3, -0.25) is 0 Å². The van der Waals surface area contributed by atoms with Gasteiger partial charge in [-0.2, -0.15) is 0 Å². The van der Waals surface area contributed by atoms with Crippen LogP contribution >= 0.6 is 11.8 Å². The van der Waals surface area contributed by atoms with Crippen molar-refractivity contribution in [3.05, 3.63) is 29.8 Å². The van der Waals surface area contributed by atoms with Gasteiger partial charge in [0, 0.05) is 35.9 Å². The van der Waals surface area contributed by atoms with Gasteiger partial charge in [-0.25, -0.2) is 0 Å². The number of hydrogen-bond donors (Lipinski definition) is 1. The van der Waals surface area contributed by atoms with Crippen molar-refractivity contribution in [2.75, 3.05) is 19.8 Å². The summed E-state index contributed by atoms with van der Waals surface area (Å²) in [4.78, 5) is 1.51. The zero-order valence-electron chi connectivity index (χ0n) is 12.6. The molecule has 114 valence electrons. The van der Waals surface area contributed by atoms with Gasteiger partial charge in [0.25, 0.3) is 0 Å². The summed E-state index contributed by atoms with van der Waals surface area (Å²) in [6, 6.07) is 9.77. The molecule has 1 atom stereocenters. The first-order chi connectivity index (χ1) is 10.3. The van der Waals surface area contributed by atoms with Gasteiger partial charge in [-0.1, -0.05) is 18.2 Å². The Morgan fingerprint density at radius 1 is 1.19 bits per heavy atom. The quantitative estimate of drug-likeness (QED) is 0.897. The van der Waals surface area contributed by atoms with E-state index in [0.29, 0.717) is 5.41 Å². The summed E-state index contributed by atoms with van der Waals surface area (Å²) in [5.41, 5.74) is 2.03. The van der Waals surface area contributed by atoms with E-state index in [4.69, 9.17) is 4.74 Å². The molecule has 2 nitrogen and oxygen atoms in total. The molecule has 0 amide bonds. The number of hydrogen-bond acceptors (Lipinski definition) is 3. The first-order valence-corrected chi connectivity index (χ1v) is 9.27. The van der Waals surface area contributed by atoms with Crippen LogP contribution in [0.2, 0.25) is 0 Å². The number of rotatable bonds is 5. The molecule has 1 unspecified atom stereocenters. The minimum atomic E-state index is 0.473. The predicted molar refractivity (Wildman–Crippen MR) is 87.9 cm³/mol. The summed E-state index contributed by atoms with van der Waals surface area (Å²) < 4.78 is 5.64. The van der Waals surface area contributed by atoms with Gasteiger partial charge in [0.2, 0.25) is 0 Å². The van der Waals surface area contributed by atoms with Crippen molar-refractivity contribution < 1.29 is 4.74 Å². The number of fused-ring (bicyclic) bond motifs is 1. The van der Waals surface area contributed by atoms with Crippen molar-refractivity contribution in [3.8, 4) is 0 Å². The SMILES string of the molecule is c1ccc2c(c1)CC(CC1(CNC3CC3)CCOCC1)S2. The van der Waals surface area contributed by atoms with E-state index in [-0.39, 0.29) is 0 Å². The maximum absolute atomic E-state index is 5.64.